The number of phenols is 1. The van der Waals surface area contributed by atoms with Gasteiger partial charge in [-0.25, -0.2) is 0 Å². The summed E-state index contributed by atoms with van der Waals surface area (Å²) in [5.41, 5.74) is 3.38. The molecule has 2 aromatic carbocycles. The van der Waals surface area contributed by atoms with Crippen LogP contribution in [0.2, 0.25) is 0 Å². The fourth-order valence-corrected chi connectivity index (χ4v) is 2.46. The molecule has 0 amide bonds. The van der Waals surface area contributed by atoms with E-state index < -0.39 is 0 Å². The smallest absolute Gasteiger partial charge is 0.173 e. The topological polar surface area (TPSA) is 67.4 Å². The van der Waals surface area contributed by atoms with Crippen LogP contribution < -0.4 is 9.47 Å². The average molecular weight is 324 g/mol. The maximum atomic E-state index is 10.3. The summed E-state index contributed by atoms with van der Waals surface area (Å²) in [7, 11) is 0. The molecule has 0 aliphatic rings. The third-order valence-electron chi connectivity index (χ3n) is 3.72. The first-order valence-corrected chi connectivity index (χ1v) is 7.83. The summed E-state index contributed by atoms with van der Waals surface area (Å²) in [6.07, 6.45) is 1.60. The SMILES string of the molecule is CCOc1ccc(-c2[nH]ncc2Oc2cc(C)ccc2C)c(O)c1. The molecule has 1 aromatic heterocycles. The van der Waals surface area contributed by atoms with Crippen LogP contribution in [0.25, 0.3) is 11.3 Å². The third kappa shape index (κ3) is 3.20. The Kier molecular flexibility index (Phi) is 4.42. The van der Waals surface area contributed by atoms with E-state index in [1.54, 1.807) is 24.4 Å². The van der Waals surface area contributed by atoms with Gasteiger partial charge in [-0.05, 0) is 50.1 Å². The van der Waals surface area contributed by atoms with E-state index in [0.717, 1.165) is 16.9 Å². The minimum atomic E-state index is 0.107. The minimum Gasteiger partial charge on any atom is -0.507 e. The van der Waals surface area contributed by atoms with Crippen molar-refractivity contribution in [1.82, 2.24) is 10.2 Å². The zero-order valence-electron chi connectivity index (χ0n) is 14.0. The molecule has 3 aromatic rings. The van der Waals surface area contributed by atoms with Crippen LogP contribution in [0.1, 0.15) is 18.1 Å². The lowest BCUT2D eigenvalue weighted by molar-refractivity contribution is 0.338. The molecule has 5 nitrogen and oxygen atoms in total. The van der Waals surface area contributed by atoms with E-state index in [1.807, 2.05) is 39.0 Å². The second-order valence-corrected chi connectivity index (χ2v) is 5.59. The average Bonchev–Trinajstić information content (AvgIpc) is 2.99. The van der Waals surface area contributed by atoms with Gasteiger partial charge >= 0.3 is 0 Å². The summed E-state index contributed by atoms with van der Waals surface area (Å²) in [4.78, 5) is 0. The van der Waals surface area contributed by atoms with Crippen LogP contribution in [0.4, 0.5) is 0 Å². The highest BCUT2D eigenvalue weighted by atomic mass is 16.5. The van der Waals surface area contributed by atoms with Crippen LogP contribution in [-0.2, 0) is 0 Å². The number of aromatic nitrogens is 2. The maximum absolute atomic E-state index is 10.3. The minimum absolute atomic E-state index is 0.107. The van der Waals surface area contributed by atoms with Crippen LogP contribution in [0.3, 0.4) is 0 Å². The fraction of sp³-hybridized carbons (Fsp3) is 0.211. The molecule has 3 rings (SSSR count). The molecule has 0 aliphatic heterocycles. The van der Waals surface area contributed by atoms with Gasteiger partial charge in [0.1, 0.15) is 22.9 Å². The van der Waals surface area contributed by atoms with Gasteiger partial charge in [-0.3, -0.25) is 5.10 Å². The number of nitrogens with zero attached hydrogens (tertiary/aromatic N) is 1. The zero-order chi connectivity index (χ0) is 17.1. The van der Waals surface area contributed by atoms with E-state index in [1.165, 1.54) is 0 Å². The molecule has 0 aliphatic carbocycles. The number of benzene rings is 2. The zero-order valence-corrected chi connectivity index (χ0v) is 14.0. The molecule has 2 N–H and O–H groups in total. The molecule has 0 unspecified atom stereocenters. The number of nitrogens with one attached hydrogen (secondary N) is 1. The second kappa shape index (κ2) is 6.66. The lowest BCUT2D eigenvalue weighted by atomic mass is 10.1. The largest absolute Gasteiger partial charge is 0.507 e. The van der Waals surface area contributed by atoms with Crippen LogP contribution in [0.5, 0.6) is 23.0 Å². The van der Waals surface area contributed by atoms with E-state index >= 15 is 0 Å². The normalized spacial score (nSPS) is 10.6. The van der Waals surface area contributed by atoms with Gasteiger partial charge in [-0.2, -0.15) is 5.10 Å². The molecule has 124 valence electrons. The number of aromatic amines is 1. The summed E-state index contributed by atoms with van der Waals surface area (Å²) in [6.45, 7) is 6.45. The van der Waals surface area contributed by atoms with Crippen molar-refractivity contribution in [3.63, 3.8) is 0 Å². The molecule has 0 fully saturated rings. The number of hydrogen-bond acceptors (Lipinski definition) is 4. The Morgan fingerprint density at radius 1 is 1.08 bits per heavy atom. The molecule has 0 bridgehead atoms. The molecular weight excluding hydrogens is 304 g/mol. The third-order valence-corrected chi connectivity index (χ3v) is 3.72. The van der Waals surface area contributed by atoms with E-state index in [4.69, 9.17) is 9.47 Å². The second-order valence-electron chi connectivity index (χ2n) is 5.59. The lowest BCUT2D eigenvalue weighted by Gasteiger charge is -2.11. The number of rotatable bonds is 5. The number of aromatic hydroxyl groups is 1. The Morgan fingerprint density at radius 2 is 1.92 bits per heavy atom. The van der Waals surface area contributed by atoms with Gasteiger partial charge in [0, 0.05) is 11.6 Å². The van der Waals surface area contributed by atoms with Gasteiger partial charge in [0.25, 0.3) is 0 Å². The number of hydrogen-bond donors (Lipinski definition) is 2. The van der Waals surface area contributed by atoms with Crippen molar-refractivity contribution in [3.05, 3.63) is 53.7 Å². The molecule has 1 heterocycles. The fourth-order valence-electron chi connectivity index (χ4n) is 2.46. The molecule has 0 saturated heterocycles. The van der Waals surface area contributed by atoms with Crippen LogP contribution in [0, 0.1) is 13.8 Å². The Bertz CT molecular complexity index is 856. The summed E-state index contributed by atoms with van der Waals surface area (Å²) in [6, 6.07) is 11.2. The number of H-pyrrole nitrogens is 1. The first-order valence-electron chi connectivity index (χ1n) is 7.83. The first kappa shape index (κ1) is 15.9. The van der Waals surface area contributed by atoms with Gasteiger partial charge in [0.15, 0.2) is 5.75 Å². The monoisotopic (exact) mass is 324 g/mol. The van der Waals surface area contributed by atoms with Crippen molar-refractivity contribution in [1.29, 1.82) is 0 Å². The summed E-state index contributed by atoms with van der Waals surface area (Å²) in [5, 5.41) is 17.2. The van der Waals surface area contributed by atoms with E-state index in [2.05, 4.69) is 10.2 Å². The van der Waals surface area contributed by atoms with Crippen molar-refractivity contribution in [3.8, 4) is 34.3 Å². The molecule has 0 saturated carbocycles. The van der Waals surface area contributed by atoms with Crippen LogP contribution >= 0.6 is 0 Å². The molecule has 0 atom stereocenters. The highest BCUT2D eigenvalue weighted by Gasteiger charge is 2.15. The molecule has 5 heteroatoms. The van der Waals surface area contributed by atoms with Gasteiger partial charge in [0.05, 0.1) is 12.8 Å². The van der Waals surface area contributed by atoms with Crippen molar-refractivity contribution < 1.29 is 14.6 Å². The van der Waals surface area contributed by atoms with E-state index in [9.17, 15) is 5.11 Å². The van der Waals surface area contributed by atoms with Crippen molar-refractivity contribution >= 4 is 0 Å². The highest BCUT2D eigenvalue weighted by Crippen LogP contribution is 2.38. The molecular formula is C19H20N2O3. The van der Waals surface area contributed by atoms with Gasteiger partial charge in [0.2, 0.25) is 0 Å². The quantitative estimate of drug-likeness (QED) is 0.720. The Hall–Kier alpha value is -2.95. The highest BCUT2D eigenvalue weighted by molar-refractivity contribution is 5.73. The summed E-state index contributed by atoms with van der Waals surface area (Å²) >= 11 is 0. The Morgan fingerprint density at radius 3 is 2.67 bits per heavy atom. The van der Waals surface area contributed by atoms with Gasteiger partial charge in [-0.1, -0.05) is 12.1 Å². The van der Waals surface area contributed by atoms with Crippen LogP contribution in [0.15, 0.2) is 42.6 Å². The molecule has 24 heavy (non-hydrogen) atoms. The maximum Gasteiger partial charge on any atom is 0.173 e. The molecule has 0 radical (unpaired) electrons. The van der Waals surface area contributed by atoms with Crippen LogP contribution in [-0.4, -0.2) is 21.9 Å². The standard InChI is InChI=1S/C19H20N2O3/c1-4-23-14-7-8-15(16(22)10-14)19-18(11-20-21-19)24-17-9-12(2)5-6-13(17)3/h5-11,22H,4H2,1-3H3,(H,20,21). The predicted molar refractivity (Wildman–Crippen MR) is 92.8 cm³/mol. The predicted octanol–water partition coefficient (Wildman–Crippen LogP) is 4.59. The van der Waals surface area contributed by atoms with E-state index in [-0.39, 0.29) is 5.75 Å². The number of phenolic OH excluding ortho intramolecular Hbond substituents is 1. The first-order chi connectivity index (χ1) is 11.6. The Labute approximate surface area is 140 Å². The van der Waals surface area contributed by atoms with Crippen molar-refractivity contribution in [2.75, 3.05) is 6.61 Å². The van der Waals surface area contributed by atoms with E-state index in [0.29, 0.717) is 29.4 Å². The van der Waals surface area contributed by atoms with Gasteiger partial charge < -0.3 is 14.6 Å². The summed E-state index contributed by atoms with van der Waals surface area (Å²) in [5.74, 6) is 2.05. The summed E-state index contributed by atoms with van der Waals surface area (Å²) < 4.78 is 11.4. The van der Waals surface area contributed by atoms with Crippen molar-refractivity contribution in [2.45, 2.75) is 20.8 Å². The number of aryl methyl sites for hydroxylation is 2. The number of ether oxygens (including phenoxy) is 2. The lowest BCUT2D eigenvalue weighted by Crippen LogP contribution is -1.92. The van der Waals surface area contributed by atoms with Crippen molar-refractivity contribution in [2.24, 2.45) is 0 Å². The Balaban J connectivity index is 1.95. The van der Waals surface area contributed by atoms with Gasteiger partial charge in [-0.15, -0.1) is 0 Å². The molecule has 0 spiro atoms.